The summed E-state index contributed by atoms with van der Waals surface area (Å²) in [6, 6.07) is 0. The number of hydrogen-bond acceptors (Lipinski definition) is 0. The molecule has 0 amide bonds. The summed E-state index contributed by atoms with van der Waals surface area (Å²) in [6.07, 6.45) is 34.6. The predicted octanol–water partition coefficient (Wildman–Crippen LogP) is 9.66. The van der Waals surface area contributed by atoms with Gasteiger partial charge in [-0.3, -0.25) is 0 Å². The lowest BCUT2D eigenvalue weighted by atomic mass is 9.79. The fraction of sp³-hybridized carbons (Fsp3) is 0.800. The van der Waals surface area contributed by atoms with E-state index in [9.17, 15) is 0 Å². The number of rotatable bonds is 12. The van der Waals surface area contributed by atoms with Crippen molar-refractivity contribution in [3.05, 3.63) is 24.3 Å². The molecule has 0 aromatic rings. The van der Waals surface area contributed by atoms with Gasteiger partial charge in [0, 0.05) is 0 Å². The highest BCUT2D eigenvalue weighted by molar-refractivity contribution is 5.24. The van der Waals surface area contributed by atoms with E-state index in [-0.39, 0.29) is 0 Å². The van der Waals surface area contributed by atoms with Crippen LogP contribution in [-0.4, -0.2) is 0 Å². The maximum Gasteiger partial charge on any atom is -0.0153 e. The molecule has 0 N–H and O–H groups in total. The Bertz CT molecular complexity index is 512. The Morgan fingerprint density at radius 3 is 1.40 bits per heavy atom. The molecule has 2 aliphatic carbocycles. The minimum atomic E-state index is 0.780. The molecule has 0 atom stereocenters. The molecule has 0 heteroatoms. The van der Waals surface area contributed by atoms with Crippen molar-refractivity contribution in [1.82, 2.24) is 0 Å². The van der Waals surface area contributed by atoms with Crippen LogP contribution in [0.2, 0.25) is 0 Å². The SMILES string of the molecule is CCCCCCCC1CCC(/C=C/C#C/C=C/C2CCC(CCCCC)CC2)CC1. The zero-order chi connectivity index (χ0) is 21.3. The van der Waals surface area contributed by atoms with Crippen molar-refractivity contribution in [2.75, 3.05) is 0 Å². The summed E-state index contributed by atoms with van der Waals surface area (Å²) in [5, 5.41) is 0. The van der Waals surface area contributed by atoms with Gasteiger partial charge in [0.05, 0.1) is 0 Å². The zero-order valence-electron chi connectivity index (χ0n) is 20.3. The molecule has 30 heavy (non-hydrogen) atoms. The normalized spacial score (nSPS) is 27.4. The van der Waals surface area contributed by atoms with Crippen LogP contribution >= 0.6 is 0 Å². The highest BCUT2D eigenvalue weighted by atomic mass is 14.2. The van der Waals surface area contributed by atoms with Crippen LogP contribution in [0.25, 0.3) is 0 Å². The van der Waals surface area contributed by atoms with Gasteiger partial charge in [0.1, 0.15) is 0 Å². The van der Waals surface area contributed by atoms with Crippen molar-refractivity contribution in [3.63, 3.8) is 0 Å². The van der Waals surface area contributed by atoms with Gasteiger partial charge in [0.25, 0.3) is 0 Å². The number of hydrogen-bond donors (Lipinski definition) is 0. The van der Waals surface area contributed by atoms with Crippen LogP contribution in [0.4, 0.5) is 0 Å². The first kappa shape index (κ1) is 25.3. The first-order valence-electron chi connectivity index (χ1n) is 13.7. The highest BCUT2D eigenvalue weighted by Crippen LogP contribution is 2.33. The molecule has 170 valence electrons. The molecule has 0 aliphatic heterocycles. The Hall–Kier alpha value is -0.960. The van der Waals surface area contributed by atoms with Gasteiger partial charge in [-0.1, -0.05) is 102 Å². The van der Waals surface area contributed by atoms with Crippen LogP contribution in [0.15, 0.2) is 24.3 Å². The lowest BCUT2D eigenvalue weighted by Gasteiger charge is -2.26. The molecule has 0 spiro atoms. The second-order valence-electron chi connectivity index (χ2n) is 10.3. The number of unbranched alkanes of at least 4 members (excludes halogenated alkanes) is 6. The average Bonchev–Trinajstić information content (AvgIpc) is 2.78. The summed E-state index contributed by atoms with van der Waals surface area (Å²) < 4.78 is 0. The third-order valence-electron chi connectivity index (χ3n) is 7.70. The lowest BCUT2D eigenvalue weighted by molar-refractivity contribution is 0.288. The molecule has 0 radical (unpaired) electrons. The van der Waals surface area contributed by atoms with Gasteiger partial charge >= 0.3 is 0 Å². The summed E-state index contributed by atoms with van der Waals surface area (Å²) >= 11 is 0. The predicted molar refractivity (Wildman–Crippen MR) is 134 cm³/mol. The second kappa shape index (κ2) is 16.7. The molecule has 0 nitrogen and oxygen atoms in total. The Morgan fingerprint density at radius 1 is 0.533 bits per heavy atom. The largest absolute Gasteiger partial charge is 0.0730 e. The first-order chi connectivity index (χ1) is 14.8. The van der Waals surface area contributed by atoms with Gasteiger partial charge in [0.15, 0.2) is 0 Å². The van der Waals surface area contributed by atoms with E-state index in [0.29, 0.717) is 0 Å². The molecule has 2 fully saturated rings. The summed E-state index contributed by atoms with van der Waals surface area (Å²) in [7, 11) is 0. The van der Waals surface area contributed by atoms with Crippen molar-refractivity contribution in [3.8, 4) is 11.8 Å². The highest BCUT2D eigenvalue weighted by Gasteiger charge is 2.19. The fourth-order valence-electron chi connectivity index (χ4n) is 5.52. The van der Waals surface area contributed by atoms with Crippen LogP contribution in [0.5, 0.6) is 0 Å². The third-order valence-corrected chi connectivity index (χ3v) is 7.70. The Kier molecular flexibility index (Phi) is 14.1. The molecule has 0 heterocycles. The van der Waals surface area contributed by atoms with E-state index in [1.807, 2.05) is 0 Å². The van der Waals surface area contributed by atoms with E-state index in [0.717, 1.165) is 23.7 Å². The minimum absolute atomic E-state index is 0.780. The molecule has 0 aromatic carbocycles. The molecule has 0 bridgehead atoms. The molecule has 0 unspecified atom stereocenters. The van der Waals surface area contributed by atoms with Gasteiger partial charge in [-0.25, -0.2) is 0 Å². The second-order valence-corrected chi connectivity index (χ2v) is 10.3. The topological polar surface area (TPSA) is 0 Å². The first-order valence-corrected chi connectivity index (χ1v) is 13.7. The summed E-state index contributed by atoms with van der Waals surface area (Å²) in [4.78, 5) is 0. The van der Waals surface area contributed by atoms with E-state index >= 15 is 0 Å². The van der Waals surface area contributed by atoms with Crippen LogP contribution < -0.4 is 0 Å². The Labute approximate surface area is 189 Å². The van der Waals surface area contributed by atoms with Gasteiger partial charge in [-0.05, 0) is 87.2 Å². The third kappa shape index (κ3) is 11.4. The zero-order valence-corrected chi connectivity index (χ0v) is 20.3. The van der Waals surface area contributed by atoms with E-state index < -0.39 is 0 Å². The summed E-state index contributed by atoms with van der Waals surface area (Å²) in [6.45, 7) is 4.61. The molecule has 0 saturated heterocycles. The van der Waals surface area contributed by atoms with Crippen LogP contribution in [0.1, 0.15) is 129 Å². The molecular formula is C30H50. The van der Waals surface area contributed by atoms with Gasteiger partial charge < -0.3 is 0 Å². The maximum absolute atomic E-state index is 3.26. The van der Waals surface area contributed by atoms with E-state index in [4.69, 9.17) is 0 Å². The van der Waals surface area contributed by atoms with E-state index in [1.165, 1.54) is 116 Å². The van der Waals surface area contributed by atoms with Crippen molar-refractivity contribution < 1.29 is 0 Å². The van der Waals surface area contributed by atoms with Crippen molar-refractivity contribution in [2.24, 2.45) is 23.7 Å². The smallest absolute Gasteiger partial charge is 0.0153 e. The van der Waals surface area contributed by atoms with Crippen molar-refractivity contribution in [1.29, 1.82) is 0 Å². The number of allylic oxidation sites excluding steroid dienone is 4. The fourth-order valence-corrected chi connectivity index (χ4v) is 5.52. The Balaban J connectivity index is 1.53. The molecule has 0 aromatic heterocycles. The van der Waals surface area contributed by atoms with Crippen LogP contribution in [0, 0.1) is 35.5 Å². The van der Waals surface area contributed by atoms with Gasteiger partial charge in [-0.15, -0.1) is 0 Å². The maximum atomic E-state index is 3.26. The van der Waals surface area contributed by atoms with Crippen LogP contribution in [0.3, 0.4) is 0 Å². The summed E-state index contributed by atoms with van der Waals surface area (Å²) in [5.41, 5.74) is 0. The van der Waals surface area contributed by atoms with Gasteiger partial charge in [-0.2, -0.15) is 0 Å². The van der Waals surface area contributed by atoms with E-state index in [1.54, 1.807) is 0 Å². The Morgan fingerprint density at radius 2 is 0.933 bits per heavy atom. The monoisotopic (exact) mass is 410 g/mol. The van der Waals surface area contributed by atoms with Gasteiger partial charge in [0.2, 0.25) is 0 Å². The van der Waals surface area contributed by atoms with Crippen molar-refractivity contribution in [2.45, 2.75) is 129 Å². The van der Waals surface area contributed by atoms with Crippen molar-refractivity contribution >= 4 is 0 Å². The molecule has 2 aliphatic rings. The van der Waals surface area contributed by atoms with E-state index in [2.05, 4.69) is 50.0 Å². The standard InChI is InChI=1S/C30H50/c1-3-5-7-8-12-16-28-23-25-30(26-24-28)18-14-10-9-13-17-29-21-19-27(20-22-29)15-11-6-4-2/h13-14,17-18,27-30H,3-8,11-12,15-16,19-26H2,1-2H3/b17-13+,18-14+. The average molecular weight is 411 g/mol. The van der Waals surface area contributed by atoms with Crippen LogP contribution in [-0.2, 0) is 0 Å². The molecule has 2 rings (SSSR count). The molecule has 2 saturated carbocycles. The quantitative estimate of drug-likeness (QED) is 0.222. The minimum Gasteiger partial charge on any atom is -0.0730 e. The lowest BCUT2D eigenvalue weighted by Crippen LogP contribution is -2.13. The molecular weight excluding hydrogens is 360 g/mol. The summed E-state index contributed by atoms with van der Waals surface area (Å²) in [5.74, 6) is 10.1.